The molecule has 0 aromatic heterocycles. The molecule has 1 atom stereocenters. The van der Waals surface area contributed by atoms with E-state index in [0.717, 1.165) is 47.7 Å². The summed E-state index contributed by atoms with van der Waals surface area (Å²) in [5.74, 6) is 1.48. The van der Waals surface area contributed by atoms with Gasteiger partial charge in [-0.05, 0) is 30.5 Å². The van der Waals surface area contributed by atoms with Gasteiger partial charge in [-0.25, -0.2) is 0 Å². The summed E-state index contributed by atoms with van der Waals surface area (Å²) in [6.07, 6.45) is 2.69. The zero-order valence-corrected chi connectivity index (χ0v) is 13.0. The van der Waals surface area contributed by atoms with Crippen LogP contribution in [0, 0.1) is 0 Å². The highest BCUT2D eigenvalue weighted by atomic mass is 79.9. The number of benzene rings is 1. The zero-order valence-electron chi connectivity index (χ0n) is 11.4. The van der Waals surface area contributed by atoms with Crippen molar-refractivity contribution in [2.24, 2.45) is 0 Å². The Morgan fingerprint density at radius 1 is 1.32 bits per heavy atom. The van der Waals surface area contributed by atoms with E-state index < -0.39 is 0 Å². The lowest BCUT2D eigenvalue weighted by Gasteiger charge is -2.14. The van der Waals surface area contributed by atoms with Crippen LogP contribution < -0.4 is 14.8 Å². The molecule has 1 N–H and O–H groups in total. The first-order chi connectivity index (χ1) is 9.24. The van der Waals surface area contributed by atoms with Gasteiger partial charge in [0.15, 0.2) is 11.5 Å². The second-order valence-electron chi connectivity index (χ2n) is 4.56. The smallest absolute Gasteiger partial charge is 0.161 e. The monoisotopic (exact) mass is 329 g/mol. The normalized spacial score (nSPS) is 18.6. The number of rotatable bonds is 6. The summed E-state index contributed by atoms with van der Waals surface area (Å²) in [5.41, 5.74) is 1.15. The van der Waals surface area contributed by atoms with E-state index in [-0.39, 0.29) is 0 Å². The molecule has 1 heterocycles. The maximum atomic E-state index is 5.58. The molecular formula is C14H20BrNO3. The van der Waals surface area contributed by atoms with E-state index in [1.165, 1.54) is 6.42 Å². The molecule has 0 radical (unpaired) electrons. The molecule has 2 rings (SSSR count). The third-order valence-corrected chi connectivity index (χ3v) is 4.00. The van der Waals surface area contributed by atoms with Crippen LogP contribution in [0.3, 0.4) is 0 Å². The molecule has 1 aromatic rings. The van der Waals surface area contributed by atoms with Gasteiger partial charge in [0.2, 0.25) is 0 Å². The number of ether oxygens (including phenoxy) is 3. The molecular weight excluding hydrogens is 310 g/mol. The van der Waals surface area contributed by atoms with E-state index >= 15 is 0 Å². The minimum absolute atomic E-state index is 0.360. The van der Waals surface area contributed by atoms with Crippen LogP contribution in [0.2, 0.25) is 0 Å². The number of nitrogens with one attached hydrogen (secondary N) is 1. The molecule has 0 aliphatic carbocycles. The maximum absolute atomic E-state index is 5.58. The Morgan fingerprint density at radius 2 is 2.05 bits per heavy atom. The molecule has 1 unspecified atom stereocenters. The molecule has 0 bridgehead atoms. The van der Waals surface area contributed by atoms with Crippen molar-refractivity contribution in [1.29, 1.82) is 0 Å². The predicted octanol–water partition coefficient (Wildman–Crippen LogP) is 2.73. The number of hydrogen-bond acceptors (Lipinski definition) is 4. The third kappa shape index (κ3) is 3.84. The second-order valence-corrected chi connectivity index (χ2v) is 5.42. The van der Waals surface area contributed by atoms with Crippen LogP contribution in [0.15, 0.2) is 16.6 Å². The summed E-state index contributed by atoms with van der Waals surface area (Å²) in [4.78, 5) is 0. The fraction of sp³-hybridized carbons (Fsp3) is 0.571. The average molecular weight is 330 g/mol. The van der Waals surface area contributed by atoms with Gasteiger partial charge >= 0.3 is 0 Å². The Morgan fingerprint density at radius 3 is 2.68 bits per heavy atom. The van der Waals surface area contributed by atoms with Crippen LogP contribution in [0.4, 0.5) is 0 Å². The quantitative estimate of drug-likeness (QED) is 0.871. The topological polar surface area (TPSA) is 39.7 Å². The Bertz CT molecular complexity index is 419. The van der Waals surface area contributed by atoms with E-state index in [2.05, 4.69) is 21.2 Å². The SMILES string of the molecule is COc1cc(Br)c(CNCC2CCCO2)cc1OC. The van der Waals surface area contributed by atoms with Gasteiger partial charge in [-0.2, -0.15) is 0 Å². The average Bonchev–Trinajstić information content (AvgIpc) is 2.93. The zero-order chi connectivity index (χ0) is 13.7. The van der Waals surface area contributed by atoms with Crippen LogP contribution in [-0.4, -0.2) is 33.5 Å². The highest BCUT2D eigenvalue weighted by Gasteiger charge is 2.15. The highest BCUT2D eigenvalue weighted by Crippen LogP contribution is 2.33. The van der Waals surface area contributed by atoms with Gasteiger partial charge in [0.05, 0.1) is 20.3 Å². The molecule has 106 valence electrons. The Kier molecular flexibility index (Phi) is 5.48. The number of hydrogen-bond donors (Lipinski definition) is 1. The van der Waals surface area contributed by atoms with Gasteiger partial charge in [0.25, 0.3) is 0 Å². The number of methoxy groups -OCH3 is 2. The Labute approximate surface area is 122 Å². The van der Waals surface area contributed by atoms with Crippen molar-refractivity contribution in [3.63, 3.8) is 0 Å². The van der Waals surface area contributed by atoms with E-state index in [9.17, 15) is 0 Å². The van der Waals surface area contributed by atoms with Gasteiger partial charge in [0, 0.05) is 24.2 Å². The predicted molar refractivity (Wildman–Crippen MR) is 77.9 cm³/mol. The van der Waals surface area contributed by atoms with Crippen molar-refractivity contribution in [3.8, 4) is 11.5 Å². The third-order valence-electron chi connectivity index (χ3n) is 3.26. The van der Waals surface area contributed by atoms with Crippen molar-refractivity contribution in [3.05, 3.63) is 22.2 Å². The second kappa shape index (κ2) is 7.12. The van der Waals surface area contributed by atoms with Crippen LogP contribution in [0.25, 0.3) is 0 Å². The molecule has 1 aliphatic rings. The number of halogens is 1. The summed E-state index contributed by atoms with van der Waals surface area (Å²) in [7, 11) is 3.29. The standard InChI is InChI=1S/C14H20BrNO3/c1-17-13-6-10(12(15)7-14(13)18-2)8-16-9-11-4-3-5-19-11/h6-7,11,16H,3-5,8-9H2,1-2H3. The maximum Gasteiger partial charge on any atom is 0.161 e. The van der Waals surface area contributed by atoms with Crippen molar-refractivity contribution in [2.45, 2.75) is 25.5 Å². The van der Waals surface area contributed by atoms with Gasteiger partial charge in [-0.3, -0.25) is 0 Å². The summed E-state index contributed by atoms with van der Waals surface area (Å²) < 4.78 is 17.2. The largest absolute Gasteiger partial charge is 0.493 e. The Balaban J connectivity index is 1.95. The van der Waals surface area contributed by atoms with Gasteiger partial charge in [-0.1, -0.05) is 15.9 Å². The molecule has 1 fully saturated rings. The molecule has 1 aromatic carbocycles. The van der Waals surface area contributed by atoms with Crippen molar-refractivity contribution >= 4 is 15.9 Å². The summed E-state index contributed by atoms with van der Waals surface area (Å²) in [5, 5.41) is 3.42. The molecule has 4 nitrogen and oxygen atoms in total. The molecule has 1 aliphatic heterocycles. The lowest BCUT2D eigenvalue weighted by Crippen LogP contribution is -2.25. The van der Waals surface area contributed by atoms with E-state index in [0.29, 0.717) is 6.10 Å². The molecule has 0 amide bonds. The first kappa shape index (κ1) is 14.6. The van der Waals surface area contributed by atoms with E-state index in [1.54, 1.807) is 14.2 Å². The minimum Gasteiger partial charge on any atom is -0.493 e. The van der Waals surface area contributed by atoms with Gasteiger partial charge < -0.3 is 19.5 Å². The lowest BCUT2D eigenvalue weighted by atomic mass is 10.2. The molecule has 0 spiro atoms. The minimum atomic E-state index is 0.360. The van der Waals surface area contributed by atoms with Gasteiger partial charge in [-0.15, -0.1) is 0 Å². The van der Waals surface area contributed by atoms with E-state index in [1.807, 2.05) is 12.1 Å². The van der Waals surface area contributed by atoms with Crippen LogP contribution in [-0.2, 0) is 11.3 Å². The fourth-order valence-electron chi connectivity index (χ4n) is 2.20. The van der Waals surface area contributed by atoms with Crippen LogP contribution >= 0.6 is 15.9 Å². The first-order valence-electron chi connectivity index (χ1n) is 6.47. The Hall–Kier alpha value is -0.780. The van der Waals surface area contributed by atoms with E-state index in [4.69, 9.17) is 14.2 Å². The molecule has 1 saturated heterocycles. The van der Waals surface area contributed by atoms with Crippen molar-refractivity contribution < 1.29 is 14.2 Å². The summed E-state index contributed by atoms with van der Waals surface area (Å²) >= 11 is 3.56. The molecule has 19 heavy (non-hydrogen) atoms. The summed E-state index contributed by atoms with van der Waals surface area (Å²) in [6.45, 7) is 2.56. The first-order valence-corrected chi connectivity index (χ1v) is 7.26. The summed E-state index contributed by atoms with van der Waals surface area (Å²) in [6, 6.07) is 3.92. The van der Waals surface area contributed by atoms with Crippen LogP contribution in [0.1, 0.15) is 18.4 Å². The fourth-order valence-corrected chi connectivity index (χ4v) is 2.67. The lowest BCUT2D eigenvalue weighted by molar-refractivity contribution is 0.110. The van der Waals surface area contributed by atoms with Crippen molar-refractivity contribution in [2.75, 3.05) is 27.4 Å². The van der Waals surface area contributed by atoms with Gasteiger partial charge in [0.1, 0.15) is 0 Å². The van der Waals surface area contributed by atoms with Crippen molar-refractivity contribution in [1.82, 2.24) is 5.32 Å². The van der Waals surface area contributed by atoms with Crippen LogP contribution in [0.5, 0.6) is 11.5 Å². The highest BCUT2D eigenvalue weighted by molar-refractivity contribution is 9.10. The molecule has 0 saturated carbocycles. The molecule has 5 heteroatoms.